The summed E-state index contributed by atoms with van der Waals surface area (Å²) in [4.78, 5) is 1.24. The molecule has 1 aromatic heterocycles. The lowest BCUT2D eigenvalue weighted by atomic mass is 10.3. The zero-order valence-electron chi connectivity index (χ0n) is 7.66. The second-order valence-corrected chi connectivity index (χ2v) is 4.61. The standard InChI is InChI=1S/C11H9ClOS/c1-8-2-7-11(14-8)13-10-5-3-9(12)4-6-10/h2-7H,1H3. The minimum Gasteiger partial charge on any atom is -0.447 e. The molecule has 1 nitrogen and oxygen atoms in total. The average Bonchev–Trinajstić information content (AvgIpc) is 2.56. The van der Waals surface area contributed by atoms with Gasteiger partial charge in [0.2, 0.25) is 0 Å². The fraction of sp³-hybridized carbons (Fsp3) is 0.0909. The predicted molar refractivity (Wildman–Crippen MR) is 60.6 cm³/mol. The molecule has 2 rings (SSSR count). The lowest BCUT2D eigenvalue weighted by molar-refractivity contribution is 0.496. The van der Waals surface area contributed by atoms with Crippen LogP contribution in [-0.4, -0.2) is 0 Å². The molecule has 0 amide bonds. The molecule has 0 aliphatic heterocycles. The summed E-state index contributed by atoms with van der Waals surface area (Å²) < 4.78 is 5.61. The van der Waals surface area contributed by atoms with Gasteiger partial charge in [0.05, 0.1) is 0 Å². The van der Waals surface area contributed by atoms with Crippen molar-refractivity contribution in [2.24, 2.45) is 0 Å². The van der Waals surface area contributed by atoms with Gasteiger partial charge in [-0.1, -0.05) is 11.6 Å². The van der Waals surface area contributed by atoms with E-state index < -0.39 is 0 Å². The van der Waals surface area contributed by atoms with E-state index in [4.69, 9.17) is 16.3 Å². The average molecular weight is 225 g/mol. The molecular formula is C11H9ClOS. The summed E-state index contributed by atoms with van der Waals surface area (Å²) in [7, 11) is 0. The molecule has 0 aliphatic carbocycles. The van der Waals surface area contributed by atoms with Crippen LogP contribution in [0.2, 0.25) is 5.02 Å². The van der Waals surface area contributed by atoms with Crippen LogP contribution in [0.5, 0.6) is 10.8 Å². The van der Waals surface area contributed by atoms with Gasteiger partial charge in [-0.3, -0.25) is 0 Å². The highest BCUT2D eigenvalue weighted by molar-refractivity contribution is 7.13. The zero-order valence-corrected chi connectivity index (χ0v) is 9.23. The number of hydrogen-bond donors (Lipinski definition) is 0. The SMILES string of the molecule is Cc1ccc(Oc2ccc(Cl)cc2)s1. The smallest absolute Gasteiger partial charge is 0.181 e. The van der Waals surface area contributed by atoms with Gasteiger partial charge in [0.1, 0.15) is 5.75 Å². The number of thiophene rings is 1. The lowest BCUT2D eigenvalue weighted by Gasteiger charge is -2.01. The van der Waals surface area contributed by atoms with Gasteiger partial charge in [-0.15, -0.1) is 11.3 Å². The molecule has 2 aromatic rings. The largest absolute Gasteiger partial charge is 0.447 e. The van der Waals surface area contributed by atoms with Crippen molar-refractivity contribution in [3.05, 3.63) is 46.3 Å². The Labute approximate surface area is 91.9 Å². The van der Waals surface area contributed by atoms with Crippen LogP contribution >= 0.6 is 22.9 Å². The Morgan fingerprint density at radius 1 is 1.07 bits per heavy atom. The molecule has 0 fully saturated rings. The second-order valence-electron chi connectivity index (χ2n) is 2.92. The van der Waals surface area contributed by atoms with Crippen LogP contribution in [0.3, 0.4) is 0 Å². The third kappa shape index (κ3) is 2.28. The van der Waals surface area contributed by atoms with E-state index in [0.717, 1.165) is 15.8 Å². The lowest BCUT2D eigenvalue weighted by Crippen LogP contribution is -1.78. The van der Waals surface area contributed by atoms with Crippen LogP contribution < -0.4 is 4.74 Å². The maximum atomic E-state index is 5.77. The minimum absolute atomic E-state index is 0.722. The van der Waals surface area contributed by atoms with Gasteiger partial charge in [0.25, 0.3) is 0 Å². The van der Waals surface area contributed by atoms with Crippen LogP contribution in [0.1, 0.15) is 4.88 Å². The van der Waals surface area contributed by atoms with Crippen molar-refractivity contribution in [2.45, 2.75) is 6.92 Å². The van der Waals surface area contributed by atoms with Gasteiger partial charge in [-0.25, -0.2) is 0 Å². The van der Waals surface area contributed by atoms with Crippen molar-refractivity contribution in [1.29, 1.82) is 0 Å². The first-order valence-electron chi connectivity index (χ1n) is 4.24. The molecule has 0 bridgehead atoms. The monoisotopic (exact) mass is 224 g/mol. The number of hydrogen-bond acceptors (Lipinski definition) is 2. The molecular weight excluding hydrogens is 216 g/mol. The first-order valence-corrected chi connectivity index (χ1v) is 5.43. The quantitative estimate of drug-likeness (QED) is 0.730. The van der Waals surface area contributed by atoms with Crippen molar-refractivity contribution >= 4 is 22.9 Å². The Morgan fingerprint density at radius 3 is 2.36 bits per heavy atom. The van der Waals surface area contributed by atoms with E-state index >= 15 is 0 Å². The highest BCUT2D eigenvalue weighted by Crippen LogP contribution is 2.29. The summed E-state index contributed by atoms with van der Waals surface area (Å²) in [6, 6.07) is 11.4. The molecule has 0 N–H and O–H groups in total. The van der Waals surface area contributed by atoms with Gasteiger partial charge in [0.15, 0.2) is 5.06 Å². The summed E-state index contributed by atoms with van der Waals surface area (Å²) in [5, 5.41) is 1.63. The number of aryl methyl sites for hydroxylation is 1. The molecule has 1 aromatic carbocycles. The van der Waals surface area contributed by atoms with Crippen molar-refractivity contribution < 1.29 is 4.74 Å². The molecule has 0 saturated carbocycles. The Hall–Kier alpha value is -0.990. The predicted octanol–water partition coefficient (Wildman–Crippen LogP) is 4.50. The Bertz CT molecular complexity index is 419. The molecule has 14 heavy (non-hydrogen) atoms. The van der Waals surface area contributed by atoms with Crippen LogP contribution in [-0.2, 0) is 0 Å². The van der Waals surface area contributed by atoms with E-state index in [1.165, 1.54) is 4.88 Å². The molecule has 0 unspecified atom stereocenters. The van der Waals surface area contributed by atoms with Crippen molar-refractivity contribution in [2.75, 3.05) is 0 Å². The first kappa shape index (κ1) is 9.56. The highest BCUT2D eigenvalue weighted by Gasteiger charge is 1.99. The molecule has 0 aliphatic rings. The third-order valence-electron chi connectivity index (χ3n) is 1.75. The summed E-state index contributed by atoms with van der Waals surface area (Å²) in [5.41, 5.74) is 0. The third-order valence-corrected chi connectivity index (χ3v) is 2.88. The van der Waals surface area contributed by atoms with E-state index in [0.29, 0.717) is 0 Å². The maximum absolute atomic E-state index is 5.77. The molecule has 0 atom stereocenters. The van der Waals surface area contributed by atoms with E-state index in [-0.39, 0.29) is 0 Å². The molecule has 0 saturated heterocycles. The summed E-state index contributed by atoms with van der Waals surface area (Å²) >= 11 is 7.40. The van der Waals surface area contributed by atoms with Gasteiger partial charge in [-0.2, -0.15) is 0 Å². The Morgan fingerprint density at radius 2 is 1.79 bits per heavy atom. The van der Waals surface area contributed by atoms with Crippen LogP contribution in [0, 0.1) is 6.92 Å². The van der Waals surface area contributed by atoms with E-state index in [2.05, 4.69) is 6.92 Å². The fourth-order valence-corrected chi connectivity index (χ4v) is 1.94. The summed E-state index contributed by atoms with van der Waals surface area (Å²) in [6.07, 6.45) is 0. The van der Waals surface area contributed by atoms with Gasteiger partial charge in [0, 0.05) is 9.90 Å². The molecule has 72 valence electrons. The Kier molecular flexibility index (Phi) is 2.75. The van der Waals surface area contributed by atoms with Crippen LogP contribution in [0.4, 0.5) is 0 Å². The van der Waals surface area contributed by atoms with E-state index in [1.54, 1.807) is 11.3 Å². The topological polar surface area (TPSA) is 9.23 Å². The second kappa shape index (κ2) is 4.03. The Balaban J connectivity index is 2.15. The van der Waals surface area contributed by atoms with E-state index in [1.807, 2.05) is 36.4 Å². The normalized spacial score (nSPS) is 10.1. The first-order chi connectivity index (χ1) is 6.74. The number of halogens is 1. The summed E-state index contributed by atoms with van der Waals surface area (Å²) in [6.45, 7) is 2.05. The van der Waals surface area contributed by atoms with Gasteiger partial charge >= 0.3 is 0 Å². The zero-order chi connectivity index (χ0) is 9.97. The maximum Gasteiger partial charge on any atom is 0.181 e. The molecule has 0 radical (unpaired) electrons. The van der Waals surface area contributed by atoms with Crippen molar-refractivity contribution in [3.8, 4) is 10.8 Å². The molecule has 0 spiro atoms. The van der Waals surface area contributed by atoms with Gasteiger partial charge < -0.3 is 4.74 Å². The molecule has 3 heteroatoms. The fourth-order valence-electron chi connectivity index (χ4n) is 1.09. The number of benzene rings is 1. The summed E-state index contributed by atoms with van der Waals surface area (Å²) in [5.74, 6) is 0.816. The van der Waals surface area contributed by atoms with Crippen LogP contribution in [0.25, 0.3) is 0 Å². The highest BCUT2D eigenvalue weighted by atomic mass is 35.5. The van der Waals surface area contributed by atoms with Crippen molar-refractivity contribution in [1.82, 2.24) is 0 Å². The van der Waals surface area contributed by atoms with E-state index in [9.17, 15) is 0 Å². The molecule has 1 heterocycles. The van der Waals surface area contributed by atoms with Gasteiger partial charge in [-0.05, 0) is 43.3 Å². The minimum atomic E-state index is 0.722. The number of ether oxygens (including phenoxy) is 1. The number of rotatable bonds is 2. The van der Waals surface area contributed by atoms with Crippen molar-refractivity contribution in [3.63, 3.8) is 0 Å². The van der Waals surface area contributed by atoms with Crippen LogP contribution in [0.15, 0.2) is 36.4 Å².